The Morgan fingerprint density at radius 2 is 2.11 bits per heavy atom. The Morgan fingerprint density at radius 3 is 2.95 bits per heavy atom. The topological polar surface area (TPSA) is 38.9 Å². The molecule has 19 heavy (non-hydrogen) atoms. The number of nitrogens with zero attached hydrogens (tertiary/aromatic N) is 1. The molecular weight excluding hydrogens is 340 g/mol. The smallest absolute Gasteiger partial charge is 0.151 e. The highest BCUT2D eigenvalue weighted by Crippen LogP contribution is 2.32. The zero-order valence-corrected chi connectivity index (χ0v) is 13.2. The molecule has 0 aliphatic rings. The van der Waals surface area contributed by atoms with E-state index in [1.165, 1.54) is 5.56 Å². The molecule has 0 atom stereocenters. The second-order valence-corrected chi connectivity index (χ2v) is 7.29. The summed E-state index contributed by atoms with van der Waals surface area (Å²) in [5, 5.41) is 0. The molecule has 0 bridgehead atoms. The molecule has 0 aliphatic carbocycles. The molecule has 0 unspecified atom stereocenters. The number of hydrogen-bond acceptors (Lipinski definition) is 4. The van der Waals surface area contributed by atoms with Crippen LogP contribution in [0.25, 0.3) is 10.2 Å². The Kier molecular flexibility index (Phi) is 3.77. The molecule has 96 valence electrons. The molecule has 3 rings (SSSR count). The predicted molar refractivity (Wildman–Crippen MR) is 87.7 cm³/mol. The molecule has 0 aliphatic heterocycles. The summed E-state index contributed by atoms with van der Waals surface area (Å²) in [6, 6.07) is 14.2. The zero-order valence-electron chi connectivity index (χ0n) is 9.97. The number of thiazole rings is 1. The average molecular weight is 351 g/mol. The minimum atomic E-state index is 0.791. The van der Waals surface area contributed by atoms with Crippen LogP contribution < -0.4 is 5.73 Å². The first-order valence-electron chi connectivity index (χ1n) is 5.74. The van der Waals surface area contributed by atoms with Gasteiger partial charge in [0.25, 0.3) is 0 Å². The second-order valence-electron chi connectivity index (χ2n) is 4.13. The van der Waals surface area contributed by atoms with Gasteiger partial charge in [0.15, 0.2) is 4.34 Å². The quantitative estimate of drug-likeness (QED) is 0.537. The summed E-state index contributed by atoms with van der Waals surface area (Å²) >= 11 is 6.94. The normalized spacial score (nSPS) is 11.0. The molecular formula is C14H11BrN2S2. The molecule has 5 heteroatoms. The zero-order chi connectivity index (χ0) is 13.2. The van der Waals surface area contributed by atoms with Crippen molar-refractivity contribution >= 4 is 54.9 Å². The molecule has 2 nitrogen and oxygen atoms in total. The molecule has 1 aromatic heterocycles. The molecule has 2 N–H and O–H groups in total. The fourth-order valence-electron chi connectivity index (χ4n) is 1.75. The van der Waals surface area contributed by atoms with Crippen molar-refractivity contribution in [3.63, 3.8) is 0 Å². The largest absolute Gasteiger partial charge is 0.399 e. The van der Waals surface area contributed by atoms with Gasteiger partial charge in [-0.05, 0) is 35.9 Å². The Labute approximate surface area is 128 Å². The maximum atomic E-state index is 5.78. The van der Waals surface area contributed by atoms with Gasteiger partial charge in [-0.2, -0.15) is 0 Å². The molecule has 3 aromatic rings. The third kappa shape index (κ3) is 3.11. The van der Waals surface area contributed by atoms with Crippen LogP contribution in [0, 0.1) is 0 Å². The lowest BCUT2D eigenvalue weighted by Gasteiger charge is -1.99. The van der Waals surface area contributed by atoms with E-state index in [0.717, 1.165) is 30.5 Å². The number of thioether (sulfide) groups is 1. The van der Waals surface area contributed by atoms with E-state index < -0.39 is 0 Å². The van der Waals surface area contributed by atoms with Crippen LogP contribution in [0.1, 0.15) is 5.56 Å². The summed E-state index contributed by atoms with van der Waals surface area (Å²) in [4.78, 5) is 4.61. The van der Waals surface area contributed by atoms with E-state index in [4.69, 9.17) is 5.73 Å². The Morgan fingerprint density at radius 1 is 1.21 bits per heavy atom. The van der Waals surface area contributed by atoms with Gasteiger partial charge in [-0.25, -0.2) is 4.98 Å². The lowest BCUT2D eigenvalue weighted by Crippen LogP contribution is -1.81. The second kappa shape index (κ2) is 5.53. The molecule has 0 fully saturated rings. The van der Waals surface area contributed by atoms with Crippen molar-refractivity contribution in [2.45, 2.75) is 10.1 Å². The highest BCUT2D eigenvalue weighted by Gasteiger charge is 2.05. The fourth-order valence-corrected chi connectivity index (χ4v) is 4.26. The number of fused-ring (bicyclic) bond motifs is 1. The minimum Gasteiger partial charge on any atom is -0.399 e. The number of nitrogens with two attached hydrogens (primary N) is 1. The van der Waals surface area contributed by atoms with Crippen molar-refractivity contribution in [1.29, 1.82) is 0 Å². The molecule has 0 spiro atoms. The third-order valence-corrected chi connectivity index (χ3v) is 5.37. The summed E-state index contributed by atoms with van der Waals surface area (Å²) in [6.45, 7) is 0. The number of benzene rings is 2. The van der Waals surface area contributed by atoms with Crippen LogP contribution in [-0.2, 0) is 5.75 Å². The van der Waals surface area contributed by atoms with E-state index in [-0.39, 0.29) is 0 Å². The van der Waals surface area contributed by atoms with Gasteiger partial charge in [0.2, 0.25) is 0 Å². The molecule has 0 saturated carbocycles. The van der Waals surface area contributed by atoms with Crippen molar-refractivity contribution in [3.8, 4) is 0 Å². The first kappa shape index (κ1) is 13.0. The Bertz CT molecular complexity index is 724. The van der Waals surface area contributed by atoms with Gasteiger partial charge < -0.3 is 5.73 Å². The number of hydrogen-bond donors (Lipinski definition) is 1. The van der Waals surface area contributed by atoms with Crippen molar-refractivity contribution in [2.75, 3.05) is 5.73 Å². The molecule has 2 aromatic carbocycles. The van der Waals surface area contributed by atoms with E-state index in [0.29, 0.717) is 0 Å². The van der Waals surface area contributed by atoms with E-state index in [1.807, 2.05) is 24.3 Å². The van der Waals surface area contributed by atoms with Gasteiger partial charge in [-0.3, -0.25) is 0 Å². The third-order valence-electron chi connectivity index (χ3n) is 2.64. The Balaban J connectivity index is 1.78. The summed E-state index contributed by atoms with van der Waals surface area (Å²) in [5.74, 6) is 0.925. The predicted octanol–water partition coefficient (Wildman–Crippen LogP) is 4.93. The number of halogens is 1. The number of nitrogen functional groups attached to an aromatic ring is 1. The van der Waals surface area contributed by atoms with E-state index in [1.54, 1.807) is 23.1 Å². The van der Waals surface area contributed by atoms with Crippen LogP contribution in [0.2, 0.25) is 0 Å². The molecule has 0 amide bonds. The number of anilines is 1. The van der Waals surface area contributed by atoms with Crippen LogP contribution >= 0.6 is 39.0 Å². The molecule has 0 saturated heterocycles. The van der Waals surface area contributed by atoms with Gasteiger partial charge in [-0.1, -0.05) is 39.8 Å². The minimum absolute atomic E-state index is 0.791. The fraction of sp³-hybridized carbons (Fsp3) is 0.0714. The van der Waals surface area contributed by atoms with E-state index in [9.17, 15) is 0 Å². The SMILES string of the molecule is Nc1ccc2nc(SCc3cccc(Br)c3)sc2c1. The monoisotopic (exact) mass is 350 g/mol. The lowest BCUT2D eigenvalue weighted by atomic mass is 10.2. The summed E-state index contributed by atoms with van der Waals surface area (Å²) in [6.07, 6.45) is 0. The lowest BCUT2D eigenvalue weighted by molar-refractivity contribution is 1.29. The highest BCUT2D eigenvalue weighted by molar-refractivity contribution is 9.10. The van der Waals surface area contributed by atoms with Crippen LogP contribution in [0.3, 0.4) is 0 Å². The van der Waals surface area contributed by atoms with Crippen molar-refractivity contribution in [3.05, 3.63) is 52.5 Å². The van der Waals surface area contributed by atoms with Crippen LogP contribution in [0.4, 0.5) is 5.69 Å². The maximum Gasteiger partial charge on any atom is 0.151 e. The average Bonchev–Trinajstić information content (AvgIpc) is 2.78. The standard InChI is InChI=1S/C14H11BrN2S2/c15-10-3-1-2-9(6-10)8-18-14-17-12-5-4-11(16)7-13(12)19-14/h1-7H,8,16H2. The van der Waals surface area contributed by atoms with Gasteiger partial charge in [0.05, 0.1) is 10.2 Å². The molecule has 1 heterocycles. The van der Waals surface area contributed by atoms with Crippen LogP contribution in [0.5, 0.6) is 0 Å². The number of rotatable bonds is 3. The van der Waals surface area contributed by atoms with E-state index >= 15 is 0 Å². The number of aromatic nitrogens is 1. The van der Waals surface area contributed by atoms with Crippen LogP contribution in [-0.4, -0.2) is 4.98 Å². The van der Waals surface area contributed by atoms with E-state index in [2.05, 4.69) is 39.1 Å². The first-order valence-corrected chi connectivity index (χ1v) is 8.33. The van der Waals surface area contributed by atoms with Gasteiger partial charge in [-0.15, -0.1) is 11.3 Å². The van der Waals surface area contributed by atoms with Crippen molar-refractivity contribution in [1.82, 2.24) is 4.98 Å². The molecule has 0 radical (unpaired) electrons. The van der Waals surface area contributed by atoms with Gasteiger partial charge >= 0.3 is 0 Å². The van der Waals surface area contributed by atoms with Crippen LogP contribution in [0.15, 0.2) is 51.3 Å². The summed E-state index contributed by atoms with van der Waals surface area (Å²) < 4.78 is 3.35. The van der Waals surface area contributed by atoms with Crippen molar-refractivity contribution < 1.29 is 0 Å². The Hall–Kier alpha value is -1.04. The van der Waals surface area contributed by atoms with Crippen molar-refractivity contribution in [2.24, 2.45) is 0 Å². The summed E-state index contributed by atoms with van der Waals surface area (Å²) in [5.41, 5.74) is 8.89. The highest BCUT2D eigenvalue weighted by atomic mass is 79.9. The van der Waals surface area contributed by atoms with Gasteiger partial charge in [0, 0.05) is 15.9 Å². The van der Waals surface area contributed by atoms with Gasteiger partial charge in [0.1, 0.15) is 0 Å². The summed E-state index contributed by atoms with van der Waals surface area (Å²) in [7, 11) is 0. The maximum absolute atomic E-state index is 5.78. The first-order chi connectivity index (χ1) is 9.20.